The van der Waals surface area contributed by atoms with Crippen LogP contribution in [0.4, 0.5) is 0 Å². The van der Waals surface area contributed by atoms with Crippen molar-refractivity contribution in [2.45, 2.75) is 65.1 Å². The second kappa shape index (κ2) is 6.62. The van der Waals surface area contributed by atoms with Crippen molar-refractivity contribution < 1.29 is 4.79 Å². The molecule has 2 saturated heterocycles. The molecule has 23 heavy (non-hydrogen) atoms. The van der Waals surface area contributed by atoms with Crippen LogP contribution in [0.5, 0.6) is 0 Å². The van der Waals surface area contributed by atoms with Crippen molar-refractivity contribution in [3.05, 3.63) is 34.9 Å². The zero-order valence-electron chi connectivity index (χ0n) is 14.7. The largest absolute Gasteiger partial charge is 0.334 e. The second-order valence-electron chi connectivity index (χ2n) is 7.46. The Bertz CT molecular complexity index is 584. The highest BCUT2D eigenvalue weighted by atomic mass is 16.2. The summed E-state index contributed by atoms with van der Waals surface area (Å²) in [4.78, 5) is 15.1. The van der Waals surface area contributed by atoms with Crippen molar-refractivity contribution in [1.82, 2.24) is 15.8 Å². The van der Waals surface area contributed by atoms with Crippen LogP contribution in [-0.4, -0.2) is 29.4 Å². The lowest BCUT2D eigenvalue weighted by Gasteiger charge is -2.28. The van der Waals surface area contributed by atoms with E-state index >= 15 is 0 Å². The van der Waals surface area contributed by atoms with E-state index in [4.69, 9.17) is 0 Å². The van der Waals surface area contributed by atoms with Crippen molar-refractivity contribution in [3.8, 4) is 0 Å². The Kier molecular flexibility index (Phi) is 4.74. The summed E-state index contributed by atoms with van der Waals surface area (Å²) in [7, 11) is 0. The minimum Gasteiger partial charge on any atom is -0.334 e. The third-order valence-electron chi connectivity index (χ3n) is 5.49. The van der Waals surface area contributed by atoms with Gasteiger partial charge in [-0.15, -0.1) is 0 Å². The van der Waals surface area contributed by atoms with Gasteiger partial charge in [-0.3, -0.25) is 10.2 Å². The van der Waals surface area contributed by atoms with E-state index in [1.807, 2.05) is 0 Å². The lowest BCUT2D eigenvalue weighted by atomic mass is 9.97. The van der Waals surface area contributed by atoms with Crippen LogP contribution >= 0.6 is 0 Å². The molecule has 3 atom stereocenters. The summed E-state index contributed by atoms with van der Waals surface area (Å²) >= 11 is 0. The normalized spacial score (nSPS) is 27.9. The van der Waals surface area contributed by atoms with Crippen molar-refractivity contribution >= 4 is 5.91 Å². The Morgan fingerprint density at radius 3 is 2.65 bits per heavy atom. The minimum absolute atomic E-state index is 0.0884. The first kappa shape index (κ1) is 16.5. The average molecular weight is 315 g/mol. The van der Waals surface area contributed by atoms with Crippen LogP contribution < -0.4 is 10.9 Å². The summed E-state index contributed by atoms with van der Waals surface area (Å²) in [5.74, 6) is 0.788. The van der Waals surface area contributed by atoms with Crippen LogP contribution in [0.1, 0.15) is 55.8 Å². The first-order valence-corrected chi connectivity index (χ1v) is 8.86. The van der Waals surface area contributed by atoms with Crippen LogP contribution in [0.15, 0.2) is 18.2 Å². The average Bonchev–Trinajstić information content (AvgIpc) is 3.18. The fraction of sp³-hybridized carbons (Fsp3) is 0.632. The third kappa shape index (κ3) is 3.29. The van der Waals surface area contributed by atoms with Gasteiger partial charge < -0.3 is 4.90 Å². The number of amides is 1. The van der Waals surface area contributed by atoms with Gasteiger partial charge in [-0.05, 0) is 55.7 Å². The molecular formula is C19H29N3O. The van der Waals surface area contributed by atoms with E-state index in [1.165, 1.54) is 16.7 Å². The van der Waals surface area contributed by atoms with Gasteiger partial charge >= 0.3 is 0 Å². The molecule has 0 aliphatic carbocycles. The number of aryl methyl sites for hydroxylation is 2. The molecule has 0 spiro atoms. The van der Waals surface area contributed by atoms with Crippen LogP contribution in [-0.2, 0) is 4.79 Å². The minimum atomic E-state index is -0.0884. The second-order valence-corrected chi connectivity index (χ2v) is 7.46. The van der Waals surface area contributed by atoms with Crippen molar-refractivity contribution in [2.75, 3.05) is 6.54 Å². The Balaban J connectivity index is 1.74. The van der Waals surface area contributed by atoms with Crippen LogP contribution in [0, 0.1) is 19.8 Å². The summed E-state index contributed by atoms with van der Waals surface area (Å²) in [5, 5.41) is 0. The Morgan fingerprint density at radius 2 is 2.00 bits per heavy atom. The molecule has 126 valence electrons. The number of benzene rings is 1. The highest BCUT2D eigenvalue weighted by molar-refractivity contribution is 5.83. The topological polar surface area (TPSA) is 44.4 Å². The Labute approximate surface area is 139 Å². The van der Waals surface area contributed by atoms with E-state index in [0.717, 1.165) is 25.8 Å². The van der Waals surface area contributed by atoms with Gasteiger partial charge in [0.25, 0.3) is 0 Å². The molecule has 0 radical (unpaired) electrons. The van der Waals surface area contributed by atoms with Gasteiger partial charge in [-0.1, -0.05) is 32.0 Å². The first-order valence-electron chi connectivity index (χ1n) is 8.86. The zero-order valence-corrected chi connectivity index (χ0v) is 14.7. The van der Waals surface area contributed by atoms with Gasteiger partial charge in [0.1, 0.15) is 6.04 Å². The number of likely N-dealkylation sites (tertiary alicyclic amines) is 1. The smallest absolute Gasteiger partial charge is 0.241 e. The number of nitrogens with zero attached hydrogens (tertiary/aromatic N) is 1. The van der Waals surface area contributed by atoms with Crippen LogP contribution in [0.25, 0.3) is 0 Å². The van der Waals surface area contributed by atoms with Crippen molar-refractivity contribution in [1.29, 1.82) is 0 Å². The third-order valence-corrected chi connectivity index (χ3v) is 5.49. The fourth-order valence-electron chi connectivity index (χ4n) is 3.73. The molecule has 2 aliphatic heterocycles. The molecule has 2 heterocycles. The molecular weight excluding hydrogens is 286 g/mol. The van der Waals surface area contributed by atoms with E-state index in [0.29, 0.717) is 12.0 Å². The quantitative estimate of drug-likeness (QED) is 0.901. The molecule has 2 aliphatic rings. The molecule has 2 fully saturated rings. The Hall–Kier alpha value is -1.39. The number of hydrazine groups is 1. The van der Waals surface area contributed by atoms with Gasteiger partial charge in [0.2, 0.25) is 5.91 Å². The highest BCUT2D eigenvalue weighted by Crippen LogP contribution is 2.34. The maximum atomic E-state index is 13.0. The number of nitrogens with one attached hydrogen (secondary N) is 2. The van der Waals surface area contributed by atoms with Gasteiger partial charge in [-0.25, -0.2) is 5.43 Å². The summed E-state index contributed by atoms with van der Waals surface area (Å²) < 4.78 is 0. The molecule has 4 heteroatoms. The van der Waals surface area contributed by atoms with Gasteiger partial charge in [-0.2, -0.15) is 0 Å². The van der Waals surface area contributed by atoms with Crippen LogP contribution in [0.3, 0.4) is 0 Å². The molecule has 2 N–H and O–H groups in total. The number of hydrogen-bond donors (Lipinski definition) is 2. The van der Waals surface area contributed by atoms with Gasteiger partial charge in [0.05, 0.1) is 6.04 Å². The standard InChI is InChI=1S/C19H29N3O/c1-12(2)16-11-17(21-20-16)19(23)22-9-5-6-18(22)15-8-7-13(3)14(4)10-15/h7-8,10,12,16-18,20-21H,5-6,9,11H2,1-4H3. The maximum absolute atomic E-state index is 13.0. The number of hydrogen-bond acceptors (Lipinski definition) is 3. The van der Waals surface area contributed by atoms with Crippen LogP contribution in [0.2, 0.25) is 0 Å². The van der Waals surface area contributed by atoms with E-state index in [-0.39, 0.29) is 18.0 Å². The molecule has 3 unspecified atom stereocenters. The highest BCUT2D eigenvalue weighted by Gasteiger charge is 2.38. The molecule has 1 aromatic rings. The fourth-order valence-corrected chi connectivity index (χ4v) is 3.73. The Morgan fingerprint density at radius 1 is 1.22 bits per heavy atom. The van der Waals surface area contributed by atoms with E-state index < -0.39 is 0 Å². The van der Waals surface area contributed by atoms with Gasteiger partial charge in [0.15, 0.2) is 0 Å². The maximum Gasteiger partial charge on any atom is 0.241 e. The lowest BCUT2D eigenvalue weighted by Crippen LogP contribution is -2.45. The predicted octanol–water partition coefficient (Wildman–Crippen LogP) is 2.86. The van der Waals surface area contributed by atoms with E-state index in [9.17, 15) is 4.79 Å². The summed E-state index contributed by atoms with van der Waals surface area (Å²) in [5.41, 5.74) is 10.4. The van der Waals surface area contributed by atoms with Gasteiger partial charge in [0, 0.05) is 12.6 Å². The first-order chi connectivity index (χ1) is 11.0. The number of carbonyl (C=O) groups excluding carboxylic acids is 1. The molecule has 0 aromatic heterocycles. The van der Waals surface area contributed by atoms with E-state index in [1.54, 1.807) is 0 Å². The number of rotatable bonds is 3. The lowest BCUT2D eigenvalue weighted by molar-refractivity contribution is -0.134. The van der Waals surface area contributed by atoms with Crippen molar-refractivity contribution in [2.24, 2.45) is 5.92 Å². The summed E-state index contributed by atoms with van der Waals surface area (Å²) in [6.45, 7) is 9.55. The monoisotopic (exact) mass is 315 g/mol. The molecule has 3 rings (SSSR count). The predicted molar refractivity (Wildman–Crippen MR) is 92.9 cm³/mol. The van der Waals surface area contributed by atoms with Crippen molar-refractivity contribution in [3.63, 3.8) is 0 Å². The molecule has 0 bridgehead atoms. The molecule has 0 saturated carbocycles. The number of carbonyl (C=O) groups is 1. The molecule has 1 aromatic carbocycles. The van der Waals surface area contributed by atoms with E-state index in [2.05, 4.69) is 61.6 Å². The summed E-state index contributed by atoms with van der Waals surface area (Å²) in [6.07, 6.45) is 3.05. The molecule has 1 amide bonds. The summed E-state index contributed by atoms with van der Waals surface area (Å²) in [6, 6.07) is 7.15. The zero-order chi connectivity index (χ0) is 16.6. The SMILES string of the molecule is Cc1ccc(C2CCCN2C(=O)C2CC(C(C)C)NN2)cc1C. The molecule has 4 nitrogen and oxygen atoms in total.